The SMILES string of the molecule is Cc1ccc(C(C)NC(=O)c2cnccc2N)s1. The second-order valence-corrected chi connectivity index (χ2v) is 5.43. The molecule has 0 spiro atoms. The number of nitrogens with two attached hydrogens (primary N) is 1. The molecule has 2 heterocycles. The van der Waals surface area contributed by atoms with Crippen LogP contribution in [0.3, 0.4) is 0 Å². The maximum atomic E-state index is 12.0. The average molecular weight is 261 g/mol. The number of rotatable bonds is 3. The number of hydrogen-bond donors (Lipinski definition) is 2. The highest BCUT2D eigenvalue weighted by Gasteiger charge is 2.14. The maximum absolute atomic E-state index is 12.0. The Morgan fingerprint density at radius 3 is 2.83 bits per heavy atom. The third-order valence-electron chi connectivity index (χ3n) is 2.63. The van der Waals surface area contributed by atoms with Crippen LogP contribution in [-0.2, 0) is 0 Å². The van der Waals surface area contributed by atoms with Crippen molar-refractivity contribution >= 4 is 22.9 Å². The first-order valence-corrected chi connectivity index (χ1v) is 6.46. The van der Waals surface area contributed by atoms with Crippen LogP contribution in [-0.4, -0.2) is 10.9 Å². The van der Waals surface area contributed by atoms with Gasteiger partial charge in [0, 0.05) is 27.8 Å². The molecule has 0 fully saturated rings. The Kier molecular flexibility index (Phi) is 3.62. The molecule has 18 heavy (non-hydrogen) atoms. The molecule has 0 bridgehead atoms. The van der Waals surface area contributed by atoms with Gasteiger partial charge in [0.15, 0.2) is 0 Å². The zero-order chi connectivity index (χ0) is 13.1. The molecular formula is C13H15N3OS. The lowest BCUT2D eigenvalue weighted by Gasteiger charge is -2.12. The van der Waals surface area contributed by atoms with Crippen molar-refractivity contribution in [3.63, 3.8) is 0 Å². The molecule has 1 amide bonds. The Hall–Kier alpha value is -1.88. The Morgan fingerprint density at radius 2 is 2.22 bits per heavy atom. The van der Waals surface area contributed by atoms with Crippen molar-refractivity contribution in [2.24, 2.45) is 0 Å². The predicted octanol–water partition coefficient (Wildman–Crippen LogP) is 2.52. The Balaban J connectivity index is 2.10. The number of pyridine rings is 1. The van der Waals surface area contributed by atoms with E-state index in [2.05, 4.69) is 10.3 Å². The number of nitrogens with zero attached hydrogens (tertiary/aromatic N) is 1. The molecule has 0 saturated heterocycles. The molecule has 2 aromatic rings. The molecule has 4 nitrogen and oxygen atoms in total. The molecule has 5 heteroatoms. The van der Waals surface area contributed by atoms with Gasteiger partial charge in [0.1, 0.15) is 0 Å². The van der Waals surface area contributed by atoms with E-state index < -0.39 is 0 Å². The summed E-state index contributed by atoms with van der Waals surface area (Å²) in [6.07, 6.45) is 3.05. The van der Waals surface area contributed by atoms with Gasteiger partial charge in [-0.05, 0) is 32.0 Å². The molecule has 1 unspecified atom stereocenters. The first-order chi connectivity index (χ1) is 8.58. The van der Waals surface area contributed by atoms with Gasteiger partial charge >= 0.3 is 0 Å². The molecular weight excluding hydrogens is 246 g/mol. The molecule has 0 aromatic carbocycles. The van der Waals surface area contributed by atoms with Gasteiger partial charge in [-0.1, -0.05) is 0 Å². The summed E-state index contributed by atoms with van der Waals surface area (Å²) in [6, 6.07) is 5.66. The Bertz CT molecular complexity index is 565. The van der Waals surface area contributed by atoms with Crippen LogP contribution in [0.1, 0.15) is 33.1 Å². The first kappa shape index (κ1) is 12.6. The summed E-state index contributed by atoms with van der Waals surface area (Å²) in [5.74, 6) is -0.195. The minimum Gasteiger partial charge on any atom is -0.398 e. The van der Waals surface area contributed by atoms with Gasteiger partial charge in [0.25, 0.3) is 5.91 Å². The number of amides is 1. The summed E-state index contributed by atoms with van der Waals surface area (Å²) >= 11 is 1.68. The fourth-order valence-corrected chi connectivity index (χ4v) is 2.51. The zero-order valence-corrected chi connectivity index (χ0v) is 11.1. The van der Waals surface area contributed by atoms with Gasteiger partial charge in [0.05, 0.1) is 11.6 Å². The summed E-state index contributed by atoms with van der Waals surface area (Å²) in [5.41, 5.74) is 6.60. The summed E-state index contributed by atoms with van der Waals surface area (Å²) < 4.78 is 0. The van der Waals surface area contributed by atoms with Crippen molar-refractivity contribution in [1.29, 1.82) is 0 Å². The van der Waals surface area contributed by atoms with E-state index in [1.807, 2.05) is 26.0 Å². The lowest BCUT2D eigenvalue weighted by Crippen LogP contribution is -2.27. The molecule has 3 N–H and O–H groups in total. The van der Waals surface area contributed by atoms with Crippen LogP contribution in [0, 0.1) is 6.92 Å². The van der Waals surface area contributed by atoms with Crippen LogP contribution in [0.15, 0.2) is 30.6 Å². The number of hydrogen-bond acceptors (Lipinski definition) is 4. The first-order valence-electron chi connectivity index (χ1n) is 5.64. The maximum Gasteiger partial charge on any atom is 0.255 e. The highest BCUT2D eigenvalue weighted by Crippen LogP contribution is 2.22. The van der Waals surface area contributed by atoms with Gasteiger partial charge in [-0.2, -0.15) is 0 Å². The van der Waals surface area contributed by atoms with Crippen molar-refractivity contribution in [3.05, 3.63) is 45.9 Å². The number of thiophene rings is 1. The average Bonchev–Trinajstić information content (AvgIpc) is 2.76. The monoisotopic (exact) mass is 261 g/mol. The molecule has 0 aliphatic heterocycles. The number of aryl methyl sites for hydroxylation is 1. The summed E-state index contributed by atoms with van der Waals surface area (Å²) in [4.78, 5) is 18.3. The van der Waals surface area contributed by atoms with Gasteiger partial charge in [-0.25, -0.2) is 0 Å². The largest absolute Gasteiger partial charge is 0.398 e. The van der Waals surface area contributed by atoms with Gasteiger partial charge in [-0.15, -0.1) is 11.3 Å². The molecule has 94 valence electrons. The van der Waals surface area contributed by atoms with Crippen molar-refractivity contribution < 1.29 is 4.79 Å². The number of aromatic nitrogens is 1. The van der Waals surface area contributed by atoms with E-state index in [1.165, 1.54) is 11.1 Å². The van der Waals surface area contributed by atoms with E-state index in [-0.39, 0.29) is 11.9 Å². The predicted molar refractivity (Wildman–Crippen MR) is 73.6 cm³/mol. The fraction of sp³-hybridized carbons (Fsp3) is 0.231. The van der Waals surface area contributed by atoms with Crippen molar-refractivity contribution in [1.82, 2.24) is 10.3 Å². The molecule has 2 aromatic heterocycles. The second kappa shape index (κ2) is 5.18. The summed E-state index contributed by atoms with van der Waals surface area (Å²) in [5, 5.41) is 2.92. The third-order valence-corrected chi connectivity index (χ3v) is 3.82. The second-order valence-electron chi connectivity index (χ2n) is 4.11. The van der Waals surface area contributed by atoms with Crippen molar-refractivity contribution in [2.45, 2.75) is 19.9 Å². The van der Waals surface area contributed by atoms with Crippen molar-refractivity contribution in [3.8, 4) is 0 Å². The van der Waals surface area contributed by atoms with E-state index in [0.29, 0.717) is 11.3 Å². The zero-order valence-electron chi connectivity index (χ0n) is 10.3. The molecule has 1 atom stereocenters. The highest BCUT2D eigenvalue weighted by atomic mass is 32.1. The van der Waals surface area contributed by atoms with E-state index in [0.717, 1.165) is 4.88 Å². The Morgan fingerprint density at radius 1 is 1.44 bits per heavy atom. The molecule has 0 aliphatic rings. The van der Waals surface area contributed by atoms with Crippen LogP contribution >= 0.6 is 11.3 Å². The molecule has 0 aliphatic carbocycles. The minimum absolute atomic E-state index is 0.0317. The number of carbonyl (C=O) groups excluding carboxylic acids is 1. The number of anilines is 1. The minimum atomic E-state index is -0.195. The highest BCUT2D eigenvalue weighted by molar-refractivity contribution is 7.12. The van der Waals surface area contributed by atoms with Crippen LogP contribution in [0.25, 0.3) is 0 Å². The van der Waals surface area contributed by atoms with Crippen LogP contribution in [0.2, 0.25) is 0 Å². The quantitative estimate of drug-likeness (QED) is 0.892. The molecule has 2 rings (SSSR count). The van der Waals surface area contributed by atoms with E-state index >= 15 is 0 Å². The normalized spacial score (nSPS) is 12.1. The Labute approximate surface area is 110 Å². The standard InChI is InChI=1S/C13H15N3OS/c1-8-3-4-12(18-8)9(2)16-13(17)10-7-15-6-5-11(10)14/h3-7,9H,1-2H3,(H2,14,15)(H,16,17). The summed E-state index contributed by atoms with van der Waals surface area (Å²) in [6.45, 7) is 4.00. The fourth-order valence-electron chi connectivity index (χ4n) is 1.63. The number of nitrogens with one attached hydrogen (secondary N) is 1. The van der Waals surface area contributed by atoms with Crippen molar-refractivity contribution in [2.75, 3.05) is 5.73 Å². The topological polar surface area (TPSA) is 68.0 Å². The summed E-state index contributed by atoms with van der Waals surface area (Å²) in [7, 11) is 0. The number of carbonyl (C=O) groups is 1. The third kappa shape index (κ3) is 2.68. The van der Waals surface area contributed by atoms with Gasteiger partial charge < -0.3 is 11.1 Å². The molecule has 0 saturated carbocycles. The van der Waals surface area contributed by atoms with E-state index in [4.69, 9.17) is 5.73 Å². The van der Waals surface area contributed by atoms with Gasteiger partial charge in [0.2, 0.25) is 0 Å². The van der Waals surface area contributed by atoms with E-state index in [1.54, 1.807) is 23.6 Å². The van der Waals surface area contributed by atoms with E-state index in [9.17, 15) is 4.79 Å². The van der Waals surface area contributed by atoms with Crippen LogP contribution in [0.5, 0.6) is 0 Å². The lowest BCUT2D eigenvalue weighted by atomic mass is 10.2. The van der Waals surface area contributed by atoms with Crippen LogP contribution < -0.4 is 11.1 Å². The van der Waals surface area contributed by atoms with Crippen LogP contribution in [0.4, 0.5) is 5.69 Å². The molecule has 0 radical (unpaired) electrons. The number of nitrogen functional groups attached to an aromatic ring is 1. The van der Waals surface area contributed by atoms with Gasteiger partial charge in [-0.3, -0.25) is 9.78 Å². The lowest BCUT2D eigenvalue weighted by molar-refractivity contribution is 0.0941. The smallest absolute Gasteiger partial charge is 0.255 e.